The van der Waals surface area contributed by atoms with E-state index in [1.165, 1.54) is 0 Å². The highest BCUT2D eigenvalue weighted by Gasteiger charge is 2.27. The number of rotatable bonds is 3. The summed E-state index contributed by atoms with van der Waals surface area (Å²) in [4.78, 5) is 0.347. The van der Waals surface area contributed by atoms with Gasteiger partial charge in [0, 0.05) is 0 Å². The number of hydrogen-bond acceptors (Lipinski definition) is 3. The highest BCUT2D eigenvalue weighted by atomic mass is 32.2. The molecule has 0 aliphatic heterocycles. The maximum absolute atomic E-state index is 12.3. The third kappa shape index (κ3) is 2.75. The topological polar surface area (TPSA) is 43.4 Å². The Morgan fingerprint density at radius 1 is 1.06 bits per heavy atom. The second-order valence-corrected chi connectivity index (χ2v) is 6.69. The monoisotopic (exact) mass is 268 g/mol. The average molecular weight is 268 g/mol. The smallest absolute Gasteiger partial charge is 0.263 e. The van der Waals surface area contributed by atoms with Gasteiger partial charge >= 0.3 is 0 Å². The molecular formula is C14H20O3S. The Morgan fingerprint density at radius 3 is 2.06 bits per heavy atom. The molecule has 0 radical (unpaired) electrons. The first-order valence-corrected chi connectivity index (χ1v) is 7.82. The van der Waals surface area contributed by atoms with Gasteiger partial charge in [0.1, 0.15) is 0 Å². The van der Waals surface area contributed by atoms with E-state index in [4.69, 9.17) is 4.18 Å². The van der Waals surface area contributed by atoms with Crippen LogP contribution in [0.25, 0.3) is 0 Å². The van der Waals surface area contributed by atoms with Crippen molar-refractivity contribution in [2.45, 2.75) is 57.5 Å². The lowest BCUT2D eigenvalue weighted by molar-refractivity contribution is 0.217. The molecule has 100 valence electrons. The van der Waals surface area contributed by atoms with Gasteiger partial charge in [0.15, 0.2) is 0 Å². The van der Waals surface area contributed by atoms with Crippen LogP contribution in [0, 0.1) is 20.8 Å². The Labute approximate surface area is 109 Å². The van der Waals surface area contributed by atoms with Crippen LogP contribution in [0.2, 0.25) is 0 Å². The van der Waals surface area contributed by atoms with Gasteiger partial charge in [-0.05, 0) is 44.7 Å². The molecule has 18 heavy (non-hydrogen) atoms. The minimum atomic E-state index is -3.62. The Morgan fingerprint density at radius 2 is 1.56 bits per heavy atom. The lowest BCUT2D eigenvalue weighted by Gasteiger charge is -2.15. The van der Waals surface area contributed by atoms with Crippen molar-refractivity contribution < 1.29 is 12.6 Å². The van der Waals surface area contributed by atoms with E-state index in [1.54, 1.807) is 0 Å². The zero-order valence-electron chi connectivity index (χ0n) is 11.2. The molecule has 0 aromatic heterocycles. The van der Waals surface area contributed by atoms with Gasteiger partial charge in [0.2, 0.25) is 0 Å². The normalized spacial score (nSPS) is 17.3. The van der Waals surface area contributed by atoms with E-state index in [0.717, 1.165) is 42.4 Å². The van der Waals surface area contributed by atoms with Gasteiger partial charge in [0.25, 0.3) is 10.1 Å². The lowest BCUT2D eigenvalue weighted by Crippen LogP contribution is -2.17. The molecule has 1 saturated carbocycles. The fourth-order valence-corrected chi connectivity index (χ4v) is 4.33. The Bertz CT molecular complexity index is 517. The summed E-state index contributed by atoms with van der Waals surface area (Å²) in [5.74, 6) is 0. The standard InChI is InChI=1S/C14H20O3S/c1-10-8-11(2)14(12(3)9-10)18(15,16)17-13-6-4-5-7-13/h8-9,13H,4-7H2,1-3H3. The van der Waals surface area contributed by atoms with Gasteiger partial charge in [-0.25, -0.2) is 0 Å². The molecule has 0 bridgehead atoms. The summed E-state index contributed by atoms with van der Waals surface area (Å²) < 4.78 is 30.0. The largest absolute Gasteiger partial charge is 0.297 e. The second-order valence-electron chi connectivity index (χ2n) is 5.18. The van der Waals surface area contributed by atoms with Crippen molar-refractivity contribution in [2.24, 2.45) is 0 Å². The predicted octanol–water partition coefficient (Wildman–Crippen LogP) is 3.26. The van der Waals surface area contributed by atoms with Crippen LogP contribution in [-0.2, 0) is 14.3 Å². The Kier molecular flexibility index (Phi) is 3.78. The van der Waals surface area contributed by atoms with Crippen LogP contribution in [0.3, 0.4) is 0 Å². The summed E-state index contributed by atoms with van der Waals surface area (Å²) >= 11 is 0. The van der Waals surface area contributed by atoms with E-state index >= 15 is 0 Å². The molecule has 3 nitrogen and oxygen atoms in total. The summed E-state index contributed by atoms with van der Waals surface area (Å²) in [7, 11) is -3.62. The van der Waals surface area contributed by atoms with Crippen LogP contribution >= 0.6 is 0 Å². The molecule has 1 aromatic rings. The second kappa shape index (κ2) is 5.02. The van der Waals surface area contributed by atoms with E-state index in [0.29, 0.717) is 4.90 Å². The molecule has 0 N–H and O–H groups in total. The molecule has 0 saturated heterocycles. The predicted molar refractivity (Wildman–Crippen MR) is 71.2 cm³/mol. The SMILES string of the molecule is Cc1cc(C)c(S(=O)(=O)OC2CCCC2)c(C)c1. The van der Waals surface area contributed by atoms with E-state index in [1.807, 2.05) is 32.9 Å². The minimum absolute atomic E-state index is 0.130. The molecule has 1 aliphatic carbocycles. The molecular weight excluding hydrogens is 248 g/mol. The van der Waals surface area contributed by atoms with Crippen molar-refractivity contribution in [3.8, 4) is 0 Å². The van der Waals surface area contributed by atoms with Crippen LogP contribution in [0.1, 0.15) is 42.4 Å². The fraction of sp³-hybridized carbons (Fsp3) is 0.571. The molecule has 1 aliphatic rings. The number of benzene rings is 1. The quantitative estimate of drug-likeness (QED) is 0.790. The summed E-state index contributed by atoms with van der Waals surface area (Å²) in [5.41, 5.74) is 2.61. The van der Waals surface area contributed by atoms with Gasteiger partial charge in [-0.2, -0.15) is 8.42 Å². The summed E-state index contributed by atoms with van der Waals surface area (Å²) in [6.45, 7) is 5.62. The van der Waals surface area contributed by atoms with E-state index < -0.39 is 10.1 Å². The molecule has 1 fully saturated rings. The van der Waals surface area contributed by atoms with Crippen molar-refractivity contribution in [2.75, 3.05) is 0 Å². The van der Waals surface area contributed by atoms with Gasteiger partial charge in [-0.15, -0.1) is 0 Å². The third-order valence-electron chi connectivity index (χ3n) is 3.42. The van der Waals surface area contributed by atoms with Crippen molar-refractivity contribution in [1.29, 1.82) is 0 Å². The van der Waals surface area contributed by atoms with Gasteiger partial charge in [0.05, 0.1) is 11.0 Å². The van der Waals surface area contributed by atoms with Gasteiger partial charge in [-0.3, -0.25) is 4.18 Å². The van der Waals surface area contributed by atoms with Crippen LogP contribution in [0.4, 0.5) is 0 Å². The zero-order valence-corrected chi connectivity index (χ0v) is 12.0. The van der Waals surface area contributed by atoms with Crippen LogP contribution in [0.15, 0.2) is 17.0 Å². The van der Waals surface area contributed by atoms with E-state index in [-0.39, 0.29) is 6.10 Å². The zero-order chi connectivity index (χ0) is 13.3. The lowest BCUT2D eigenvalue weighted by atomic mass is 10.1. The first-order chi connectivity index (χ1) is 8.40. The molecule has 1 aromatic carbocycles. The highest BCUT2D eigenvalue weighted by molar-refractivity contribution is 7.86. The number of hydrogen-bond donors (Lipinski definition) is 0. The maximum Gasteiger partial charge on any atom is 0.297 e. The van der Waals surface area contributed by atoms with Crippen molar-refractivity contribution >= 4 is 10.1 Å². The third-order valence-corrected chi connectivity index (χ3v) is 5.09. The van der Waals surface area contributed by atoms with Crippen LogP contribution < -0.4 is 0 Å². The average Bonchev–Trinajstić information content (AvgIpc) is 2.66. The first kappa shape index (κ1) is 13.6. The van der Waals surface area contributed by atoms with E-state index in [9.17, 15) is 8.42 Å². The van der Waals surface area contributed by atoms with E-state index in [2.05, 4.69) is 0 Å². The minimum Gasteiger partial charge on any atom is -0.263 e. The molecule has 0 spiro atoms. The summed E-state index contributed by atoms with van der Waals surface area (Å²) in [5, 5.41) is 0. The van der Waals surface area contributed by atoms with Crippen molar-refractivity contribution in [3.05, 3.63) is 28.8 Å². The Balaban J connectivity index is 2.34. The molecule has 0 unspecified atom stereocenters. The highest BCUT2D eigenvalue weighted by Crippen LogP contribution is 2.28. The van der Waals surface area contributed by atoms with Crippen LogP contribution in [-0.4, -0.2) is 14.5 Å². The molecule has 0 atom stereocenters. The van der Waals surface area contributed by atoms with Gasteiger partial charge in [-0.1, -0.05) is 30.5 Å². The maximum atomic E-state index is 12.3. The fourth-order valence-electron chi connectivity index (χ4n) is 2.77. The first-order valence-electron chi connectivity index (χ1n) is 6.41. The van der Waals surface area contributed by atoms with Crippen molar-refractivity contribution in [1.82, 2.24) is 0 Å². The molecule has 4 heteroatoms. The molecule has 0 heterocycles. The summed E-state index contributed by atoms with van der Waals surface area (Å²) in [6.07, 6.45) is 3.69. The van der Waals surface area contributed by atoms with Gasteiger partial charge < -0.3 is 0 Å². The Hall–Kier alpha value is -0.870. The van der Waals surface area contributed by atoms with Crippen molar-refractivity contribution in [3.63, 3.8) is 0 Å². The molecule has 0 amide bonds. The molecule has 2 rings (SSSR count). The summed E-state index contributed by atoms with van der Waals surface area (Å²) in [6, 6.07) is 3.77. The number of aryl methyl sites for hydroxylation is 3. The van der Waals surface area contributed by atoms with Crippen LogP contribution in [0.5, 0.6) is 0 Å².